The van der Waals surface area contributed by atoms with E-state index in [0.717, 1.165) is 5.69 Å². The van der Waals surface area contributed by atoms with Gasteiger partial charge in [0, 0.05) is 24.0 Å². The van der Waals surface area contributed by atoms with E-state index in [0.29, 0.717) is 29.8 Å². The molecule has 1 aliphatic heterocycles. The summed E-state index contributed by atoms with van der Waals surface area (Å²) in [5.74, 6) is -0.587. The molecule has 5 nitrogen and oxygen atoms in total. The van der Waals surface area contributed by atoms with E-state index in [1.54, 1.807) is 23.7 Å². The Kier molecular flexibility index (Phi) is 2.79. The Labute approximate surface area is 113 Å². The summed E-state index contributed by atoms with van der Waals surface area (Å²) in [6.07, 6.45) is 0.564. The van der Waals surface area contributed by atoms with Crippen molar-refractivity contribution < 1.29 is 9.59 Å². The van der Waals surface area contributed by atoms with E-state index in [1.165, 1.54) is 16.2 Å². The first-order valence-electron chi connectivity index (χ1n) is 5.80. The third kappa shape index (κ3) is 1.90. The minimum absolute atomic E-state index is 0.275. The lowest BCUT2D eigenvalue weighted by Gasteiger charge is -2.12. The SMILES string of the molecule is Nc1cccc2c1C(=O)N(CCc1cscn1)C2=O. The van der Waals surface area contributed by atoms with E-state index < -0.39 is 0 Å². The maximum absolute atomic E-state index is 12.2. The van der Waals surface area contributed by atoms with Crippen molar-refractivity contribution in [3.8, 4) is 0 Å². The van der Waals surface area contributed by atoms with Crippen LogP contribution < -0.4 is 5.73 Å². The second-order valence-electron chi connectivity index (χ2n) is 4.26. The van der Waals surface area contributed by atoms with Crippen molar-refractivity contribution in [3.05, 3.63) is 45.9 Å². The van der Waals surface area contributed by atoms with Gasteiger partial charge in [0.25, 0.3) is 11.8 Å². The first kappa shape index (κ1) is 11.9. The number of fused-ring (bicyclic) bond motifs is 1. The quantitative estimate of drug-likeness (QED) is 0.680. The van der Waals surface area contributed by atoms with Crippen LogP contribution in [0.15, 0.2) is 29.1 Å². The molecule has 19 heavy (non-hydrogen) atoms. The average molecular weight is 273 g/mol. The largest absolute Gasteiger partial charge is 0.398 e. The number of hydrogen-bond acceptors (Lipinski definition) is 5. The normalized spacial score (nSPS) is 14.0. The predicted octanol–water partition coefficient (Wildman–Crippen LogP) is 1.56. The monoisotopic (exact) mass is 273 g/mol. The van der Waals surface area contributed by atoms with Crippen LogP contribution in [-0.4, -0.2) is 28.2 Å². The molecule has 1 aromatic carbocycles. The summed E-state index contributed by atoms with van der Waals surface area (Å²) < 4.78 is 0. The average Bonchev–Trinajstić information content (AvgIpc) is 2.98. The summed E-state index contributed by atoms with van der Waals surface area (Å²) in [5.41, 5.74) is 9.45. The van der Waals surface area contributed by atoms with Crippen molar-refractivity contribution in [1.29, 1.82) is 0 Å². The van der Waals surface area contributed by atoms with Crippen LogP contribution >= 0.6 is 11.3 Å². The molecule has 1 aliphatic rings. The summed E-state index contributed by atoms with van der Waals surface area (Å²) >= 11 is 1.49. The lowest BCUT2D eigenvalue weighted by atomic mass is 10.1. The molecule has 2 heterocycles. The maximum atomic E-state index is 12.2. The maximum Gasteiger partial charge on any atom is 0.263 e. The Morgan fingerprint density at radius 1 is 1.26 bits per heavy atom. The number of hydrogen-bond donors (Lipinski definition) is 1. The van der Waals surface area contributed by atoms with Gasteiger partial charge in [0.2, 0.25) is 0 Å². The van der Waals surface area contributed by atoms with E-state index in [1.807, 2.05) is 5.38 Å². The molecule has 0 fully saturated rings. The fourth-order valence-electron chi connectivity index (χ4n) is 2.15. The lowest BCUT2D eigenvalue weighted by molar-refractivity contribution is 0.0656. The molecular weight excluding hydrogens is 262 g/mol. The Morgan fingerprint density at radius 2 is 2.11 bits per heavy atom. The minimum Gasteiger partial charge on any atom is -0.398 e. The van der Waals surface area contributed by atoms with Gasteiger partial charge >= 0.3 is 0 Å². The Morgan fingerprint density at radius 3 is 2.79 bits per heavy atom. The number of thiazole rings is 1. The van der Waals surface area contributed by atoms with Crippen LogP contribution in [0.1, 0.15) is 26.4 Å². The Hall–Kier alpha value is -2.21. The molecule has 0 aliphatic carbocycles. The number of aromatic nitrogens is 1. The van der Waals surface area contributed by atoms with E-state index in [4.69, 9.17) is 5.73 Å². The molecule has 0 bridgehead atoms. The van der Waals surface area contributed by atoms with Gasteiger partial charge < -0.3 is 5.73 Å². The smallest absolute Gasteiger partial charge is 0.263 e. The van der Waals surface area contributed by atoms with Crippen molar-refractivity contribution in [1.82, 2.24) is 9.88 Å². The highest BCUT2D eigenvalue weighted by Gasteiger charge is 2.36. The standard InChI is InChI=1S/C13H11N3O2S/c14-10-3-1-2-9-11(10)13(18)16(12(9)17)5-4-8-6-19-7-15-8/h1-3,6-7H,4-5,14H2. The minimum atomic E-state index is -0.312. The lowest BCUT2D eigenvalue weighted by Crippen LogP contribution is -2.31. The van der Waals surface area contributed by atoms with Gasteiger partial charge in [0.1, 0.15) is 0 Å². The number of nitrogens with two attached hydrogens (primary N) is 1. The molecule has 0 unspecified atom stereocenters. The molecule has 2 N–H and O–H groups in total. The fraction of sp³-hybridized carbons (Fsp3) is 0.154. The molecule has 6 heteroatoms. The van der Waals surface area contributed by atoms with Crippen LogP contribution in [0.25, 0.3) is 0 Å². The molecule has 0 spiro atoms. The zero-order valence-electron chi connectivity index (χ0n) is 10.00. The second kappa shape index (κ2) is 4.47. The third-order valence-electron chi connectivity index (χ3n) is 3.11. The van der Waals surface area contributed by atoms with E-state index in [2.05, 4.69) is 4.98 Å². The molecule has 2 aromatic rings. The van der Waals surface area contributed by atoms with Gasteiger partial charge in [-0.3, -0.25) is 14.5 Å². The van der Waals surface area contributed by atoms with Gasteiger partial charge in [0.15, 0.2) is 0 Å². The van der Waals surface area contributed by atoms with Crippen LogP contribution in [0.2, 0.25) is 0 Å². The van der Waals surface area contributed by atoms with Crippen molar-refractivity contribution in [3.63, 3.8) is 0 Å². The van der Waals surface area contributed by atoms with Crippen LogP contribution in [0, 0.1) is 0 Å². The van der Waals surface area contributed by atoms with Gasteiger partial charge in [-0.15, -0.1) is 11.3 Å². The highest BCUT2D eigenvalue weighted by atomic mass is 32.1. The van der Waals surface area contributed by atoms with Crippen molar-refractivity contribution >= 4 is 28.8 Å². The number of nitrogens with zero attached hydrogens (tertiary/aromatic N) is 2. The van der Waals surface area contributed by atoms with Crippen molar-refractivity contribution in [2.45, 2.75) is 6.42 Å². The topological polar surface area (TPSA) is 76.3 Å². The number of carbonyl (C=O) groups is 2. The number of amides is 2. The summed E-state index contributed by atoms with van der Waals surface area (Å²) in [7, 11) is 0. The van der Waals surface area contributed by atoms with Crippen molar-refractivity contribution in [2.75, 3.05) is 12.3 Å². The predicted molar refractivity (Wildman–Crippen MR) is 72.0 cm³/mol. The number of nitrogen functional groups attached to an aromatic ring is 1. The molecule has 1 aromatic heterocycles. The summed E-state index contributed by atoms with van der Waals surface area (Å²) in [4.78, 5) is 29.7. The number of anilines is 1. The van der Waals surface area contributed by atoms with Gasteiger partial charge in [-0.05, 0) is 12.1 Å². The number of benzene rings is 1. The first-order chi connectivity index (χ1) is 9.18. The fourth-order valence-corrected chi connectivity index (χ4v) is 2.74. The number of rotatable bonds is 3. The molecular formula is C13H11N3O2S. The van der Waals surface area contributed by atoms with E-state index in [-0.39, 0.29) is 11.8 Å². The highest BCUT2D eigenvalue weighted by Crippen LogP contribution is 2.27. The Bertz CT molecular complexity index is 652. The zero-order chi connectivity index (χ0) is 13.4. The summed E-state index contributed by atoms with van der Waals surface area (Å²) in [6.45, 7) is 0.329. The van der Waals surface area contributed by atoms with Crippen molar-refractivity contribution in [2.24, 2.45) is 0 Å². The van der Waals surface area contributed by atoms with Crippen LogP contribution in [0.5, 0.6) is 0 Å². The number of imide groups is 1. The van der Waals surface area contributed by atoms with Gasteiger partial charge in [0.05, 0.1) is 22.3 Å². The third-order valence-corrected chi connectivity index (χ3v) is 3.74. The molecule has 0 atom stereocenters. The molecule has 0 saturated heterocycles. The molecule has 96 valence electrons. The van der Waals surface area contributed by atoms with E-state index >= 15 is 0 Å². The van der Waals surface area contributed by atoms with Crippen LogP contribution in [0.3, 0.4) is 0 Å². The molecule has 0 saturated carbocycles. The Balaban J connectivity index is 1.84. The summed E-state index contributed by atoms with van der Waals surface area (Å²) in [6, 6.07) is 4.95. The summed E-state index contributed by atoms with van der Waals surface area (Å²) in [5, 5.41) is 1.91. The molecule has 2 amide bonds. The van der Waals surface area contributed by atoms with Gasteiger partial charge in [-0.2, -0.15) is 0 Å². The molecule has 3 rings (SSSR count). The highest BCUT2D eigenvalue weighted by molar-refractivity contribution is 7.07. The number of carbonyl (C=O) groups excluding carboxylic acids is 2. The van der Waals surface area contributed by atoms with E-state index in [9.17, 15) is 9.59 Å². The molecule has 0 radical (unpaired) electrons. The zero-order valence-corrected chi connectivity index (χ0v) is 10.8. The van der Waals surface area contributed by atoms with Gasteiger partial charge in [-0.25, -0.2) is 4.98 Å². The second-order valence-corrected chi connectivity index (χ2v) is 4.98. The van der Waals surface area contributed by atoms with Crippen LogP contribution in [-0.2, 0) is 6.42 Å². The first-order valence-corrected chi connectivity index (χ1v) is 6.74. The van der Waals surface area contributed by atoms with Gasteiger partial charge in [-0.1, -0.05) is 6.07 Å². The van der Waals surface area contributed by atoms with Crippen LogP contribution in [0.4, 0.5) is 5.69 Å².